The summed E-state index contributed by atoms with van der Waals surface area (Å²) in [6.07, 6.45) is 3.54. The molecule has 21 heavy (non-hydrogen) atoms. The van der Waals surface area contributed by atoms with Crippen LogP contribution in [0, 0.1) is 13.8 Å². The van der Waals surface area contributed by atoms with E-state index in [9.17, 15) is 4.79 Å². The molecule has 0 spiro atoms. The number of aryl methyl sites for hydroxylation is 2. The third kappa shape index (κ3) is 2.85. The van der Waals surface area contributed by atoms with Crippen LogP contribution in [0.25, 0.3) is 5.69 Å². The van der Waals surface area contributed by atoms with Gasteiger partial charge >= 0.3 is 0 Å². The molecule has 1 N–H and O–H groups in total. The molecule has 2 heterocycles. The standard InChI is InChI=1S/C15H14N4OS/c1-10-11(2)21-15(17-10)18-14(20)12-5-3-6-13(9-12)19-8-4-7-16-19/h3-9H,1-2H3,(H,17,18,20). The third-order valence-electron chi connectivity index (χ3n) is 3.13. The minimum absolute atomic E-state index is 0.169. The first-order valence-electron chi connectivity index (χ1n) is 6.49. The molecule has 0 fully saturated rings. The van der Waals surface area contributed by atoms with Crippen molar-refractivity contribution in [3.8, 4) is 5.69 Å². The van der Waals surface area contributed by atoms with E-state index in [-0.39, 0.29) is 5.91 Å². The Bertz CT molecular complexity index is 757. The first-order valence-corrected chi connectivity index (χ1v) is 7.30. The molecule has 0 aliphatic heterocycles. The second-order valence-corrected chi connectivity index (χ2v) is 5.82. The monoisotopic (exact) mass is 298 g/mol. The van der Waals surface area contributed by atoms with Crippen LogP contribution in [-0.4, -0.2) is 20.7 Å². The van der Waals surface area contributed by atoms with Gasteiger partial charge in [-0.2, -0.15) is 5.10 Å². The van der Waals surface area contributed by atoms with Crippen LogP contribution in [0.4, 0.5) is 5.13 Å². The van der Waals surface area contributed by atoms with Gasteiger partial charge in [0.15, 0.2) is 5.13 Å². The second-order valence-electron chi connectivity index (χ2n) is 4.62. The number of nitrogens with zero attached hydrogens (tertiary/aromatic N) is 3. The van der Waals surface area contributed by atoms with Crippen molar-refractivity contribution in [2.75, 3.05) is 5.32 Å². The Morgan fingerprint density at radius 1 is 1.29 bits per heavy atom. The minimum Gasteiger partial charge on any atom is -0.298 e. The quantitative estimate of drug-likeness (QED) is 0.807. The van der Waals surface area contributed by atoms with Crippen molar-refractivity contribution in [1.82, 2.24) is 14.8 Å². The first-order chi connectivity index (χ1) is 10.1. The average Bonchev–Trinajstić information content (AvgIpc) is 3.10. The number of amides is 1. The van der Waals surface area contributed by atoms with Crippen LogP contribution in [0.15, 0.2) is 42.7 Å². The largest absolute Gasteiger partial charge is 0.298 e. The van der Waals surface area contributed by atoms with Crippen LogP contribution in [0.3, 0.4) is 0 Å². The third-order valence-corrected chi connectivity index (χ3v) is 4.11. The number of carbonyl (C=O) groups is 1. The van der Waals surface area contributed by atoms with Gasteiger partial charge < -0.3 is 0 Å². The summed E-state index contributed by atoms with van der Waals surface area (Å²) >= 11 is 1.48. The molecular weight excluding hydrogens is 284 g/mol. The fraction of sp³-hybridized carbons (Fsp3) is 0.133. The zero-order valence-corrected chi connectivity index (χ0v) is 12.5. The zero-order valence-electron chi connectivity index (χ0n) is 11.7. The van der Waals surface area contributed by atoms with E-state index in [1.807, 2.05) is 38.2 Å². The van der Waals surface area contributed by atoms with Crippen LogP contribution < -0.4 is 5.32 Å². The molecule has 0 atom stereocenters. The molecule has 106 valence electrons. The first kappa shape index (κ1) is 13.5. The molecule has 0 aliphatic rings. The number of rotatable bonds is 3. The van der Waals surface area contributed by atoms with E-state index >= 15 is 0 Å². The van der Waals surface area contributed by atoms with E-state index in [0.29, 0.717) is 10.7 Å². The number of hydrogen-bond acceptors (Lipinski definition) is 4. The Morgan fingerprint density at radius 2 is 2.14 bits per heavy atom. The van der Waals surface area contributed by atoms with Crippen LogP contribution >= 0.6 is 11.3 Å². The van der Waals surface area contributed by atoms with Crippen LogP contribution in [0.2, 0.25) is 0 Å². The Labute approximate surface area is 126 Å². The van der Waals surface area contributed by atoms with Crippen LogP contribution in [0.1, 0.15) is 20.9 Å². The fourth-order valence-corrected chi connectivity index (χ4v) is 2.72. The normalized spacial score (nSPS) is 10.6. The highest BCUT2D eigenvalue weighted by Crippen LogP contribution is 2.22. The number of carbonyl (C=O) groups excluding carboxylic acids is 1. The maximum Gasteiger partial charge on any atom is 0.257 e. The smallest absolute Gasteiger partial charge is 0.257 e. The van der Waals surface area contributed by atoms with Gasteiger partial charge in [-0.25, -0.2) is 9.67 Å². The Balaban J connectivity index is 1.83. The van der Waals surface area contributed by atoms with Crippen molar-refractivity contribution in [3.63, 3.8) is 0 Å². The van der Waals surface area contributed by atoms with Crippen LogP contribution in [0.5, 0.6) is 0 Å². The molecule has 2 aromatic heterocycles. The summed E-state index contributed by atoms with van der Waals surface area (Å²) in [4.78, 5) is 17.7. The molecule has 1 aromatic carbocycles. The van der Waals surface area contributed by atoms with Gasteiger partial charge in [-0.05, 0) is 38.1 Å². The number of anilines is 1. The molecule has 3 aromatic rings. The molecular formula is C15H14N4OS. The topological polar surface area (TPSA) is 59.8 Å². The van der Waals surface area contributed by atoms with Crippen molar-refractivity contribution < 1.29 is 4.79 Å². The molecule has 0 aliphatic carbocycles. The van der Waals surface area contributed by atoms with Crippen molar-refractivity contribution in [2.24, 2.45) is 0 Å². The Morgan fingerprint density at radius 3 is 2.81 bits per heavy atom. The molecule has 0 unspecified atom stereocenters. The molecule has 0 saturated carbocycles. The van der Waals surface area contributed by atoms with Crippen molar-refractivity contribution in [2.45, 2.75) is 13.8 Å². The van der Waals surface area contributed by atoms with Gasteiger partial charge in [0, 0.05) is 22.8 Å². The number of nitrogens with one attached hydrogen (secondary N) is 1. The van der Waals surface area contributed by atoms with Gasteiger partial charge in [0.05, 0.1) is 11.4 Å². The number of aromatic nitrogens is 3. The highest BCUT2D eigenvalue weighted by Gasteiger charge is 2.11. The summed E-state index contributed by atoms with van der Waals surface area (Å²) in [6.45, 7) is 3.92. The summed E-state index contributed by atoms with van der Waals surface area (Å²) in [5.74, 6) is -0.169. The number of thiazole rings is 1. The van der Waals surface area contributed by atoms with E-state index in [0.717, 1.165) is 16.3 Å². The van der Waals surface area contributed by atoms with Crippen LogP contribution in [-0.2, 0) is 0 Å². The number of hydrogen-bond donors (Lipinski definition) is 1. The van der Waals surface area contributed by atoms with Gasteiger partial charge in [-0.3, -0.25) is 10.1 Å². The molecule has 3 rings (SSSR count). The van der Waals surface area contributed by atoms with Gasteiger partial charge in [-0.15, -0.1) is 11.3 Å². The second kappa shape index (κ2) is 5.49. The SMILES string of the molecule is Cc1nc(NC(=O)c2cccc(-n3cccn3)c2)sc1C. The molecule has 1 amide bonds. The summed E-state index contributed by atoms with van der Waals surface area (Å²) in [7, 11) is 0. The summed E-state index contributed by atoms with van der Waals surface area (Å²) in [6, 6.07) is 9.16. The molecule has 6 heteroatoms. The van der Waals surface area contributed by atoms with E-state index < -0.39 is 0 Å². The summed E-state index contributed by atoms with van der Waals surface area (Å²) < 4.78 is 1.72. The Kier molecular flexibility index (Phi) is 3.53. The predicted molar refractivity (Wildman–Crippen MR) is 83.1 cm³/mol. The lowest BCUT2D eigenvalue weighted by Crippen LogP contribution is -2.12. The summed E-state index contributed by atoms with van der Waals surface area (Å²) in [5, 5.41) is 7.62. The average molecular weight is 298 g/mol. The maximum atomic E-state index is 12.3. The van der Waals surface area contributed by atoms with Gasteiger partial charge in [0.1, 0.15) is 0 Å². The lowest BCUT2D eigenvalue weighted by molar-refractivity contribution is 0.102. The number of benzene rings is 1. The van der Waals surface area contributed by atoms with Gasteiger partial charge in [-0.1, -0.05) is 6.07 Å². The zero-order chi connectivity index (χ0) is 14.8. The van der Waals surface area contributed by atoms with Crippen molar-refractivity contribution in [3.05, 3.63) is 58.9 Å². The highest BCUT2D eigenvalue weighted by molar-refractivity contribution is 7.15. The van der Waals surface area contributed by atoms with Crippen molar-refractivity contribution in [1.29, 1.82) is 0 Å². The van der Waals surface area contributed by atoms with E-state index in [1.165, 1.54) is 11.3 Å². The molecule has 0 saturated heterocycles. The molecule has 0 radical (unpaired) electrons. The Hall–Kier alpha value is -2.47. The lowest BCUT2D eigenvalue weighted by Gasteiger charge is -2.05. The summed E-state index contributed by atoms with van der Waals surface area (Å²) in [5.41, 5.74) is 2.37. The lowest BCUT2D eigenvalue weighted by atomic mass is 10.2. The molecule has 0 bridgehead atoms. The van der Waals surface area contributed by atoms with Gasteiger partial charge in [0.2, 0.25) is 0 Å². The van der Waals surface area contributed by atoms with E-state index in [1.54, 1.807) is 23.0 Å². The molecule has 5 nitrogen and oxygen atoms in total. The van der Waals surface area contributed by atoms with E-state index in [4.69, 9.17) is 0 Å². The fourth-order valence-electron chi connectivity index (χ4n) is 1.91. The predicted octanol–water partition coefficient (Wildman–Crippen LogP) is 3.20. The van der Waals surface area contributed by atoms with Crippen molar-refractivity contribution >= 4 is 22.4 Å². The highest BCUT2D eigenvalue weighted by atomic mass is 32.1. The van der Waals surface area contributed by atoms with Gasteiger partial charge in [0.25, 0.3) is 5.91 Å². The minimum atomic E-state index is -0.169. The van der Waals surface area contributed by atoms with E-state index in [2.05, 4.69) is 15.4 Å². The maximum absolute atomic E-state index is 12.3.